The number of nitriles is 1. The first-order valence-corrected chi connectivity index (χ1v) is 11.4. The highest BCUT2D eigenvalue weighted by Crippen LogP contribution is 2.28. The number of hydrogen-bond acceptors (Lipinski definition) is 4. The largest absolute Gasteiger partial charge is 0.345 e. The maximum atomic E-state index is 13.6. The van der Waals surface area contributed by atoms with E-state index in [2.05, 4.69) is 10.0 Å². The molecule has 0 aliphatic carbocycles. The van der Waals surface area contributed by atoms with Gasteiger partial charge in [-0.3, -0.25) is 4.79 Å². The van der Waals surface area contributed by atoms with Crippen molar-refractivity contribution in [2.24, 2.45) is 7.05 Å². The van der Waals surface area contributed by atoms with E-state index in [-0.39, 0.29) is 27.7 Å². The van der Waals surface area contributed by atoms with Gasteiger partial charge in [-0.2, -0.15) is 5.26 Å². The molecule has 1 aromatic heterocycles. The molecule has 0 bridgehead atoms. The SMILES string of the molecule is Cn1cc2c(c1C(=O)Nc1ccc(F)c(C#N)c1)C=C[C@H](Cc1ccc(F)cc1)NS2(=N)=O. The molecular formula is C23H19F2N5O2S. The summed E-state index contributed by atoms with van der Waals surface area (Å²) < 4.78 is 52.7. The molecule has 0 saturated heterocycles. The first-order valence-electron chi connectivity index (χ1n) is 9.87. The van der Waals surface area contributed by atoms with Gasteiger partial charge in [-0.25, -0.2) is 22.5 Å². The molecule has 7 nitrogen and oxygen atoms in total. The van der Waals surface area contributed by atoms with Crippen molar-refractivity contribution in [3.8, 4) is 6.07 Å². The Labute approximate surface area is 189 Å². The van der Waals surface area contributed by atoms with Crippen LogP contribution in [0.15, 0.2) is 59.6 Å². The smallest absolute Gasteiger partial charge is 0.272 e. The summed E-state index contributed by atoms with van der Waals surface area (Å²) in [4.78, 5) is 13.2. The molecule has 1 aliphatic heterocycles. The molecule has 3 aromatic rings. The van der Waals surface area contributed by atoms with Gasteiger partial charge in [0.1, 0.15) is 33.3 Å². The van der Waals surface area contributed by atoms with Gasteiger partial charge < -0.3 is 9.88 Å². The minimum atomic E-state index is -3.46. The lowest BCUT2D eigenvalue weighted by molar-refractivity contribution is 0.101. The van der Waals surface area contributed by atoms with Gasteiger partial charge in [0.15, 0.2) is 0 Å². The summed E-state index contributed by atoms with van der Waals surface area (Å²) in [5.41, 5.74) is 1.30. The van der Waals surface area contributed by atoms with Crippen molar-refractivity contribution >= 4 is 27.6 Å². The van der Waals surface area contributed by atoms with Gasteiger partial charge in [-0.1, -0.05) is 24.3 Å². The van der Waals surface area contributed by atoms with Crippen LogP contribution in [0.3, 0.4) is 0 Å². The second-order valence-electron chi connectivity index (χ2n) is 7.60. The number of carbonyl (C=O) groups excluding carboxylic acids is 1. The number of benzene rings is 2. The molecule has 1 amide bonds. The lowest BCUT2D eigenvalue weighted by atomic mass is 10.1. The van der Waals surface area contributed by atoms with Crippen molar-refractivity contribution in [3.63, 3.8) is 0 Å². The summed E-state index contributed by atoms with van der Waals surface area (Å²) in [5.74, 6) is -1.62. The van der Waals surface area contributed by atoms with Crippen LogP contribution in [0.2, 0.25) is 0 Å². The number of amides is 1. The topological polar surface area (TPSA) is 111 Å². The van der Waals surface area contributed by atoms with Crippen LogP contribution in [0.1, 0.15) is 27.2 Å². The molecule has 3 N–H and O–H groups in total. The number of aryl methyl sites for hydroxylation is 1. The molecule has 10 heteroatoms. The predicted octanol–water partition coefficient (Wildman–Crippen LogP) is 3.98. The maximum Gasteiger partial charge on any atom is 0.272 e. The number of carbonyl (C=O) groups is 1. The van der Waals surface area contributed by atoms with Gasteiger partial charge in [0.05, 0.1) is 10.5 Å². The van der Waals surface area contributed by atoms with Crippen LogP contribution in [-0.4, -0.2) is 20.7 Å². The summed E-state index contributed by atoms with van der Waals surface area (Å²) in [6, 6.07) is 10.8. The van der Waals surface area contributed by atoms with Crippen molar-refractivity contribution in [3.05, 3.63) is 88.8 Å². The molecule has 4 rings (SSSR count). The van der Waals surface area contributed by atoms with Crippen molar-refractivity contribution in [1.29, 1.82) is 10.0 Å². The molecule has 2 heterocycles. The molecule has 0 spiro atoms. The standard InChI is InChI=1S/C23H19F2N5O2S/c1-30-13-21-19(22(30)23(31)28-17-7-9-20(25)15(11-17)12-26)8-6-18(29-33(21,27)32)10-14-2-4-16(24)5-3-14/h2-9,11,13,18H,10H2,1H3,(H,28,31)(H2,27,29,32)/t18-,33?/m1/s1. The number of halogens is 2. The van der Waals surface area contributed by atoms with Crippen LogP contribution >= 0.6 is 0 Å². The number of fused-ring (bicyclic) bond motifs is 1. The fourth-order valence-corrected chi connectivity index (χ4v) is 5.18. The Balaban J connectivity index is 1.66. The molecule has 0 radical (unpaired) electrons. The third-order valence-electron chi connectivity index (χ3n) is 5.24. The Bertz CT molecular complexity index is 1420. The average molecular weight is 468 g/mol. The van der Waals surface area contributed by atoms with Gasteiger partial charge in [0.2, 0.25) is 0 Å². The van der Waals surface area contributed by atoms with E-state index in [0.717, 1.165) is 11.6 Å². The highest BCUT2D eigenvalue weighted by molar-refractivity contribution is 7.90. The quantitative estimate of drug-likeness (QED) is 0.540. The zero-order chi connectivity index (χ0) is 23.8. The molecule has 168 valence electrons. The van der Waals surface area contributed by atoms with Gasteiger partial charge in [-0.05, 0) is 42.3 Å². The second kappa shape index (κ2) is 8.61. The van der Waals surface area contributed by atoms with Crippen LogP contribution < -0.4 is 10.0 Å². The number of nitrogens with zero attached hydrogens (tertiary/aromatic N) is 2. The van der Waals surface area contributed by atoms with E-state index in [9.17, 15) is 17.8 Å². The fraction of sp³-hybridized carbons (Fsp3) is 0.130. The van der Waals surface area contributed by atoms with Gasteiger partial charge in [0.25, 0.3) is 5.91 Å². The van der Waals surface area contributed by atoms with Crippen molar-refractivity contribution < 1.29 is 17.8 Å². The number of aromatic nitrogens is 1. The Morgan fingerprint density at radius 1 is 1.27 bits per heavy atom. The van der Waals surface area contributed by atoms with Gasteiger partial charge in [-0.15, -0.1) is 0 Å². The Kier molecular flexibility index (Phi) is 5.84. The predicted molar refractivity (Wildman–Crippen MR) is 120 cm³/mol. The van der Waals surface area contributed by atoms with E-state index in [1.165, 1.54) is 35.0 Å². The van der Waals surface area contributed by atoms with Crippen molar-refractivity contribution in [1.82, 2.24) is 9.29 Å². The molecule has 33 heavy (non-hydrogen) atoms. The minimum absolute atomic E-state index is 0.157. The van der Waals surface area contributed by atoms with Crippen LogP contribution in [0.25, 0.3) is 6.08 Å². The Hall–Kier alpha value is -3.81. The normalized spacial score (nSPS) is 19.4. The summed E-state index contributed by atoms with van der Waals surface area (Å²) in [5, 5.41) is 11.6. The molecule has 2 atom stereocenters. The summed E-state index contributed by atoms with van der Waals surface area (Å²) in [6.07, 6.45) is 5.18. The summed E-state index contributed by atoms with van der Waals surface area (Å²) in [6.45, 7) is 0. The van der Waals surface area contributed by atoms with Crippen molar-refractivity contribution in [2.45, 2.75) is 17.4 Å². The van der Waals surface area contributed by atoms with E-state index in [1.54, 1.807) is 37.4 Å². The molecule has 1 aliphatic rings. The van der Waals surface area contributed by atoms with Crippen molar-refractivity contribution in [2.75, 3.05) is 5.32 Å². The van der Waals surface area contributed by atoms with E-state index in [1.807, 2.05) is 0 Å². The minimum Gasteiger partial charge on any atom is -0.345 e. The Morgan fingerprint density at radius 3 is 2.70 bits per heavy atom. The van der Waals surface area contributed by atoms with Gasteiger partial charge in [0, 0.05) is 30.5 Å². The lowest BCUT2D eigenvalue weighted by Crippen LogP contribution is -2.33. The van der Waals surface area contributed by atoms with E-state index >= 15 is 0 Å². The van der Waals surface area contributed by atoms with Gasteiger partial charge >= 0.3 is 0 Å². The Morgan fingerprint density at radius 2 is 2.00 bits per heavy atom. The molecule has 0 fully saturated rings. The zero-order valence-electron chi connectivity index (χ0n) is 17.4. The second-order valence-corrected chi connectivity index (χ2v) is 9.39. The summed E-state index contributed by atoms with van der Waals surface area (Å²) in [7, 11) is -1.87. The van der Waals surface area contributed by atoms with Crippen LogP contribution in [0.4, 0.5) is 14.5 Å². The van der Waals surface area contributed by atoms with E-state index in [0.29, 0.717) is 12.0 Å². The fourth-order valence-electron chi connectivity index (χ4n) is 3.68. The molecule has 0 saturated carbocycles. The van der Waals surface area contributed by atoms with Crippen LogP contribution in [0.5, 0.6) is 0 Å². The maximum absolute atomic E-state index is 13.6. The number of rotatable bonds is 4. The zero-order valence-corrected chi connectivity index (χ0v) is 18.2. The third-order valence-corrected chi connectivity index (χ3v) is 6.81. The molecular weight excluding hydrogens is 448 g/mol. The number of hydrogen-bond donors (Lipinski definition) is 3. The highest BCUT2D eigenvalue weighted by Gasteiger charge is 2.28. The highest BCUT2D eigenvalue weighted by atomic mass is 32.2. The molecule has 1 unspecified atom stereocenters. The first kappa shape index (κ1) is 22.4. The molecule has 2 aromatic carbocycles. The monoisotopic (exact) mass is 467 g/mol. The summed E-state index contributed by atoms with van der Waals surface area (Å²) >= 11 is 0. The van der Waals surface area contributed by atoms with Crippen LogP contribution in [0, 0.1) is 27.7 Å². The first-order chi connectivity index (χ1) is 15.7. The number of anilines is 1. The average Bonchev–Trinajstić information content (AvgIpc) is 3.06. The third kappa shape index (κ3) is 4.55. The van der Waals surface area contributed by atoms with Crippen LogP contribution in [-0.2, 0) is 23.4 Å². The number of nitrogens with one attached hydrogen (secondary N) is 3. The lowest BCUT2D eigenvalue weighted by Gasteiger charge is -2.15. The van der Waals surface area contributed by atoms with E-state index < -0.39 is 27.7 Å². The van der Waals surface area contributed by atoms with E-state index in [4.69, 9.17) is 10.0 Å².